The maximum absolute atomic E-state index is 12.0. The van der Waals surface area contributed by atoms with Crippen molar-refractivity contribution in [1.82, 2.24) is 0 Å². The summed E-state index contributed by atoms with van der Waals surface area (Å²) < 4.78 is 0. The Morgan fingerprint density at radius 3 is 2.62 bits per heavy atom. The van der Waals surface area contributed by atoms with Crippen LogP contribution in [0.2, 0.25) is 0 Å². The number of hydrogen-bond donors (Lipinski definition) is 3. The van der Waals surface area contributed by atoms with Crippen LogP contribution in [0.15, 0.2) is 18.2 Å². The lowest BCUT2D eigenvalue weighted by Crippen LogP contribution is -2.16. The van der Waals surface area contributed by atoms with Crippen molar-refractivity contribution in [2.75, 3.05) is 11.9 Å². The van der Waals surface area contributed by atoms with Crippen LogP contribution < -0.4 is 11.1 Å². The maximum Gasteiger partial charge on any atom is 0.336 e. The van der Waals surface area contributed by atoms with Gasteiger partial charge >= 0.3 is 5.97 Å². The average Bonchev–Trinajstić information content (AvgIpc) is 2.45. The smallest absolute Gasteiger partial charge is 0.336 e. The van der Waals surface area contributed by atoms with Gasteiger partial charge in [0, 0.05) is 12.1 Å². The lowest BCUT2D eigenvalue weighted by molar-refractivity contribution is -0.116. The van der Waals surface area contributed by atoms with Gasteiger partial charge in [-0.15, -0.1) is 0 Å². The van der Waals surface area contributed by atoms with E-state index in [2.05, 4.69) is 12.2 Å². The van der Waals surface area contributed by atoms with Gasteiger partial charge in [-0.3, -0.25) is 4.79 Å². The first-order chi connectivity index (χ1) is 9.99. The normalized spacial score (nSPS) is 12.0. The highest BCUT2D eigenvalue weighted by atomic mass is 16.4. The molecule has 4 N–H and O–H groups in total. The Labute approximate surface area is 125 Å². The minimum absolute atomic E-state index is 0.0869. The van der Waals surface area contributed by atoms with Crippen LogP contribution in [0.3, 0.4) is 0 Å². The summed E-state index contributed by atoms with van der Waals surface area (Å²) in [6.07, 6.45) is 3.17. The van der Waals surface area contributed by atoms with Crippen LogP contribution >= 0.6 is 0 Å². The zero-order valence-electron chi connectivity index (χ0n) is 12.7. The number of carboxylic acids is 1. The van der Waals surface area contributed by atoms with Gasteiger partial charge in [0.15, 0.2) is 0 Å². The molecule has 0 saturated carbocycles. The monoisotopic (exact) mass is 292 g/mol. The largest absolute Gasteiger partial charge is 0.478 e. The van der Waals surface area contributed by atoms with Gasteiger partial charge in [-0.05, 0) is 49.9 Å². The molecule has 0 saturated heterocycles. The SMILES string of the molecule is CCC(CCN)CCC(=O)Nc1cccc(C(=O)O)c1C. The van der Waals surface area contributed by atoms with Gasteiger partial charge < -0.3 is 16.2 Å². The standard InChI is InChI=1S/C16H24N2O3/c1-3-12(9-10-17)7-8-15(19)18-14-6-4-5-13(11(14)2)16(20)21/h4-6,12H,3,7-10,17H2,1-2H3,(H,18,19)(H,20,21). The fraction of sp³-hybridized carbons (Fsp3) is 0.500. The summed E-state index contributed by atoms with van der Waals surface area (Å²) in [5.74, 6) is -0.610. The van der Waals surface area contributed by atoms with Crippen molar-refractivity contribution in [3.63, 3.8) is 0 Å². The average molecular weight is 292 g/mol. The van der Waals surface area contributed by atoms with E-state index in [1.807, 2.05) is 0 Å². The summed E-state index contributed by atoms with van der Waals surface area (Å²) in [6, 6.07) is 4.88. The lowest BCUT2D eigenvalue weighted by atomic mass is 9.96. The number of rotatable bonds is 8. The van der Waals surface area contributed by atoms with E-state index in [-0.39, 0.29) is 11.5 Å². The van der Waals surface area contributed by atoms with E-state index < -0.39 is 5.97 Å². The minimum atomic E-state index is -0.988. The van der Waals surface area contributed by atoms with E-state index in [0.29, 0.717) is 30.1 Å². The number of hydrogen-bond acceptors (Lipinski definition) is 3. The Balaban J connectivity index is 2.63. The van der Waals surface area contributed by atoms with Gasteiger partial charge in [0.05, 0.1) is 5.56 Å². The molecule has 0 aromatic heterocycles. The van der Waals surface area contributed by atoms with E-state index >= 15 is 0 Å². The first-order valence-corrected chi connectivity index (χ1v) is 7.32. The van der Waals surface area contributed by atoms with Gasteiger partial charge in [0.1, 0.15) is 0 Å². The number of amides is 1. The van der Waals surface area contributed by atoms with Crippen molar-refractivity contribution in [2.24, 2.45) is 11.7 Å². The maximum atomic E-state index is 12.0. The molecule has 1 aromatic rings. The number of nitrogens with one attached hydrogen (secondary N) is 1. The third-order valence-electron chi connectivity index (χ3n) is 3.77. The Morgan fingerprint density at radius 2 is 2.05 bits per heavy atom. The molecule has 21 heavy (non-hydrogen) atoms. The Kier molecular flexibility index (Phi) is 6.88. The van der Waals surface area contributed by atoms with Gasteiger partial charge in [0.25, 0.3) is 0 Å². The molecule has 0 heterocycles. The summed E-state index contributed by atoms with van der Waals surface area (Å²) in [5, 5.41) is 11.9. The molecular weight excluding hydrogens is 268 g/mol. The fourth-order valence-corrected chi connectivity index (χ4v) is 2.34. The highest BCUT2D eigenvalue weighted by molar-refractivity contribution is 5.96. The van der Waals surface area contributed by atoms with Crippen LogP contribution in [0.5, 0.6) is 0 Å². The zero-order valence-corrected chi connectivity index (χ0v) is 12.7. The number of carbonyl (C=O) groups excluding carboxylic acids is 1. The fourth-order valence-electron chi connectivity index (χ4n) is 2.34. The molecule has 1 atom stereocenters. The van der Waals surface area contributed by atoms with Crippen molar-refractivity contribution >= 4 is 17.6 Å². The molecule has 0 radical (unpaired) electrons. The molecule has 0 aliphatic carbocycles. The third kappa shape index (κ3) is 5.19. The van der Waals surface area contributed by atoms with Gasteiger partial charge in [-0.2, -0.15) is 0 Å². The highest BCUT2D eigenvalue weighted by Crippen LogP contribution is 2.20. The first kappa shape index (κ1) is 17.2. The molecule has 5 nitrogen and oxygen atoms in total. The molecule has 0 aliphatic rings. The molecule has 0 fully saturated rings. The molecule has 5 heteroatoms. The highest BCUT2D eigenvalue weighted by Gasteiger charge is 2.13. The van der Waals surface area contributed by atoms with Gasteiger partial charge in [-0.1, -0.05) is 19.4 Å². The van der Waals surface area contributed by atoms with Crippen molar-refractivity contribution in [1.29, 1.82) is 0 Å². The van der Waals surface area contributed by atoms with E-state index in [9.17, 15) is 9.59 Å². The molecule has 1 rings (SSSR count). The molecule has 0 spiro atoms. The van der Waals surface area contributed by atoms with Crippen molar-refractivity contribution in [2.45, 2.75) is 39.5 Å². The predicted octanol–water partition coefficient (Wildman–Crippen LogP) is 2.79. The molecule has 0 aliphatic heterocycles. The second kappa shape index (κ2) is 8.42. The topological polar surface area (TPSA) is 92.4 Å². The van der Waals surface area contributed by atoms with Crippen LogP contribution in [0.25, 0.3) is 0 Å². The van der Waals surface area contributed by atoms with Crippen LogP contribution in [0.4, 0.5) is 5.69 Å². The zero-order chi connectivity index (χ0) is 15.8. The second-order valence-electron chi connectivity index (χ2n) is 5.22. The van der Waals surface area contributed by atoms with Crippen LogP contribution in [0, 0.1) is 12.8 Å². The van der Waals surface area contributed by atoms with E-state index in [0.717, 1.165) is 19.3 Å². The van der Waals surface area contributed by atoms with Gasteiger partial charge in [-0.25, -0.2) is 4.79 Å². The van der Waals surface area contributed by atoms with Crippen LogP contribution in [-0.2, 0) is 4.79 Å². The summed E-state index contributed by atoms with van der Waals surface area (Å²) >= 11 is 0. The number of carboxylic acid groups (broad SMARTS) is 1. The Bertz CT molecular complexity index is 500. The lowest BCUT2D eigenvalue weighted by Gasteiger charge is -2.14. The predicted molar refractivity (Wildman–Crippen MR) is 83.5 cm³/mol. The van der Waals surface area contributed by atoms with Crippen molar-refractivity contribution in [3.05, 3.63) is 29.3 Å². The van der Waals surface area contributed by atoms with Crippen molar-refractivity contribution in [3.8, 4) is 0 Å². The second-order valence-corrected chi connectivity index (χ2v) is 5.22. The van der Waals surface area contributed by atoms with Gasteiger partial charge in [0.2, 0.25) is 5.91 Å². The summed E-state index contributed by atoms with van der Waals surface area (Å²) in [4.78, 5) is 23.0. The molecule has 0 bridgehead atoms. The molecule has 1 unspecified atom stereocenters. The molecule has 1 amide bonds. The summed E-state index contributed by atoms with van der Waals surface area (Å²) in [6.45, 7) is 4.43. The molecular formula is C16H24N2O3. The van der Waals surface area contributed by atoms with Crippen LogP contribution in [-0.4, -0.2) is 23.5 Å². The minimum Gasteiger partial charge on any atom is -0.478 e. The number of aromatic carboxylic acids is 1. The Hall–Kier alpha value is -1.88. The van der Waals surface area contributed by atoms with E-state index in [1.54, 1.807) is 19.1 Å². The quantitative estimate of drug-likeness (QED) is 0.687. The number of anilines is 1. The Morgan fingerprint density at radius 1 is 1.33 bits per heavy atom. The molecule has 1 aromatic carbocycles. The first-order valence-electron chi connectivity index (χ1n) is 7.32. The number of carbonyl (C=O) groups is 2. The summed E-state index contributed by atoms with van der Waals surface area (Å²) in [5.41, 5.74) is 6.89. The van der Waals surface area contributed by atoms with Crippen molar-refractivity contribution < 1.29 is 14.7 Å². The number of benzene rings is 1. The van der Waals surface area contributed by atoms with Crippen LogP contribution in [0.1, 0.15) is 48.5 Å². The third-order valence-corrected chi connectivity index (χ3v) is 3.77. The number of nitrogens with two attached hydrogens (primary N) is 1. The molecule has 116 valence electrons. The van der Waals surface area contributed by atoms with E-state index in [4.69, 9.17) is 10.8 Å². The van der Waals surface area contributed by atoms with E-state index in [1.165, 1.54) is 6.07 Å². The summed E-state index contributed by atoms with van der Waals surface area (Å²) in [7, 11) is 0.